The molecule has 0 amide bonds. The van der Waals surface area contributed by atoms with Gasteiger partial charge in [-0.15, -0.1) is 0 Å². The van der Waals surface area contributed by atoms with E-state index in [1.165, 1.54) is 18.4 Å². The second-order valence-electron chi connectivity index (χ2n) is 7.01. The van der Waals surface area contributed by atoms with Crippen LogP contribution in [0.15, 0.2) is 59.6 Å². The van der Waals surface area contributed by atoms with Crippen LogP contribution in [0.2, 0.25) is 0 Å². The van der Waals surface area contributed by atoms with Crippen LogP contribution in [-0.4, -0.2) is 37.8 Å². The van der Waals surface area contributed by atoms with Crippen LogP contribution in [-0.2, 0) is 5.41 Å². The minimum Gasteiger partial charge on any atom is -0.497 e. The maximum atomic E-state index is 10.4. The molecule has 5 heteroatoms. The Bertz CT molecular complexity index is 740. The number of nitrogens with one attached hydrogen (secondary N) is 2. The molecular formula is C22H29N3O2. The molecule has 3 N–H and O–H groups in total. The lowest BCUT2D eigenvalue weighted by Crippen LogP contribution is -2.40. The Morgan fingerprint density at radius 2 is 1.81 bits per heavy atom. The van der Waals surface area contributed by atoms with Gasteiger partial charge in [-0.3, -0.25) is 4.99 Å². The number of hydrogen-bond donors (Lipinski definition) is 3. The van der Waals surface area contributed by atoms with Crippen LogP contribution in [0, 0.1) is 0 Å². The van der Waals surface area contributed by atoms with Crippen molar-refractivity contribution in [2.45, 2.75) is 31.3 Å². The van der Waals surface area contributed by atoms with Crippen LogP contribution in [0.3, 0.4) is 0 Å². The van der Waals surface area contributed by atoms with Crippen LogP contribution < -0.4 is 15.4 Å². The smallest absolute Gasteiger partial charge is 0.191 e. The summed E-state index contributed by atoms with van der Waals surface area (Å²) in [5.74, 6) is 1.52. The molecule has 3 rings (SSSR count). The largest absolute Gasteiger partial charge is 0.497 e. The third-order valence-electron chi connectivity index (χ3n) is 5.09. The van der Waals surface area contributed by atoms with Gasteiger partial charge in [0.05, 0.1) is 19.8 Å². The zero-order chi connectivity index (χ0) is 19.1. The first-order valence-corrected chi connectivity index (χ1v) is 9.56. The molecule has 2 aromatic carbocycles. The number of nitrogens with zero attached hydrogens (tertiary/aromatic N) is 1. The van der Waals surface area contributed by atoms with Gasteiger partial charge in [0.1, 0.15) is 5.75 Å². The average Bonchev–Trinajstić information content (AvgIpc) is 3.52. The van der Waals surface area contributed by atoms with Crippen molar-refractivity contribution in [3.05, 3.63) is 65.7 Å². The lowest BCUT2D eigenvalue weighted by atomic mass is 9.96. The molecule has 0 spiro atoms. The standard InChI is InChI=1S/C22H29N3O2/c1-3-23-21(24-15-20(26)17-9-11-19(27-2)12-10-17)25-16-22(13-14-22)18-7-5-4-6-8-18/h4-12,20,26H,3,13-16H2,1-2H3,(H2,23,24,25). The molecule has 5 nitrogen and oxygen atoms in total. The van der Waals surface area contributed by atoms with Crippen LogP contribution >= 0.6 is 0 Å². The van der Waals surface area contributed by atoms with E-state index in [1.54, 1.807) is 7.11 Å². The van der Waals surface area contributed by atoms with E-state index in [-0.39, 0.29) is 5.41 Å². The molecule has 0 aromatic heterocycles. The van der Waals surface area contributed by atoms with Gasteiger partial charge in [-0.05, 0) is 43.0 Å². The second kappa shape index (κ2) is 8.91. The van der Waals surface area contributed by atoms with Crippen LogP contribution in [0.25, 0.3) is 0 Å². The van der Waals surface area contributed by atoms with Gasteiger partial charge in [0.25, 0.3) is 0 Å². The third-order valence-corrected chi connectivity index (χ3v) is 5.09. The summed E-state index contributed by atoms with van der Waals surface area (Å²) in [4.78, 5) is 4.78. The van der Waals surface area contributed by atoms with Gasteiger partial charge in [0, 0.05) is 18.5 Å². The number of rotatable bonds is 8. The Hall–Kier alpha value is -2.53. The highest BCUT2D eigenvalue weighted by Gasteiger charge is 2.43. The quantitative estimate of drug-likeness (QED) is 0.496. The number of aliphatic imine (C=N–C) groups is 1. The van der Waals surface area contributed by atoms with E-state index >= 15 is 0 Å². The number of benzene rings is 2. The molecule has 27 heavy (non-hydrogen) atoms. The van der Waals surface area contributed by atoms with Crippen molar-refractivity contribution < 1.29 is 9.84 Å². The molecule has 1 aliphatic carbocycles. The Labute approximate surface area is 161 Å². The lowest BCUT2D eigenvalue weighted by Gasteiger charge is -2.18. The fraction of sp³-hybridized carbons (Fsp3) is 0.409. The maximum absolute atomic E-state index is 10.4. The van der Waals surface area contributed by atoms with Gasteiger partial charge < -0.3 is 20.5 Å². The lowest BCUT2D eigenvalue weighted by molar-refractivity contribution is 0.180. The normalized spacial score (nSPS) is 16.5. The second-order valence-corrected chi connectivity index (χ2v) is 7.01. The summed E-state index contributed by atoms with van der Waals surface area (Å²) < 4.78 is 5.16. The van der Waals surface area contributed by atoms with E-state index in [0.29, 0.717) is 6.54 Å². The summed E-state index contributed by atoms with van der Waals surface area (Å²) in [6.45, 7) is 3.98. The summed E-state index contributed by atoms with van der Waals surface area (Å²) in [6.07, 6.45) is 1.74. The van der Waals surface area contributed by atoms with Crippen molar-refractivity contribution in [3.8, 4) is 5.75 Å². The number of guanidine groups is 1. The van der Waals surface area contributed by atoms with Crippen LogP contribution in [0.5, 0.6) is 5.75 Å². The fourth-order valence-corrected chi connectivity index (χ4v) is 3.19. The van der Waals surface area contributed by atoms with Gasteiger partial charge in [-0.25, -0.2) is 0 Å². The number of aliphatic hydroxyl groups is 1. The fourth-order valence-electron chi connectivity index (χ4n) is 3.19. The zero-order valence-corrected chi connectivity index (χ0v) is 16.1. The van der Waals surface area contributed by atoms with E-state index in [9.17, 15) is 5.11 Å². The molecule has 0 radical (unpaired) electrons. The highest BCUT2D eigenvalue weighted by atomic mass is 16.5. The molecule has 1 aliphatic rings. The van der Waals surface area contributed by atoms with E-state index in [1.807, 2.05) is 31.2 Å². The molecule has 0 heterocycles. The Balaban J connectivity index is 1.59. The summed E-state index contributed by atoms with van der Waals surface area (Å²) in [5.41, 5.74) is 2.39. The number of ether oxygens (including phenoxy) is 1. The van der Waals surface area contributed by atoms with Crippen molar-refractivity contribution >= 4 is 5.96 Å². The molecule has 2 aromatic rings. The number of methoxy groups -OCH3 is 1. The first-order valence-electron chi connectivity index (χ1n) is 9.56. The summed E-state index contributed by atoms with van der Waals surface area (Å²) in [6, 6.07) is 18.1. The molecule has 0 bridgehead atoms. The van der Waals surface area contributed by atoms with E-state index < -0.39 is 6.10 Å². The topological polar surface area (TPSA) is 65.9 Å². The summed E-state index contributed by atoms with van der Waals surface area (Å²) in [7, 11) is 1.63. The van der Waals surface area contributed by atoms with Crippen molar-refractivity contribution in [3.63, 3.8) is 0 Å². The number of hydrogen-bond acceptors (Lipinski definition) is 3. The van der Waals surface area contributed by atoms with Gasteiger partial charge in [-0.2, -0.15) is 0 Å². The minimum absolute atomic E-state index is 0.179. The maximum Gasteiger partial charge on any atom is 0.191 e. The van der Waals surface area contributed by atoms with E-state index in [0.717, 1.165) is 30.4 Å². The summed E-state index contributed by atoms with van der Waals surface area (Å²) >= 11 is 0. The molecule has 144 valence electrons. The molecule has 1 saturated carbocycles. The number of aliphatic hydroxyl groups excluding tert-OH is 1. The van der Waals surface area contributed by atoms with Crippen LogP contribution in [0.1, 0.15) is 37.0 Å². The SMILES string of the molecule is CCNC(=NCC1(c2ccccc2)CC1)NCC(O)c1ccc(OC)cc1. The Morgan fingerprint density at radius 3 is 2.41 bits per heavy atom. The van der Waals surface area contributed by atoms with E-state index in [2.05, 4.69) is 41.0 Å². The zero-order valence-electron chi connectivity index (χ0n) is 16.1. The minimum atomic E-state index is -0.608. The first kappa shape index (κ1) is 19.2. The molecule has 0 saturated heterocycles. The van der Waals surface area contributed by atoms with Gasteiger partial charge in [-0.1, -0.05) is 42.5 Å². The molecule has 0 aliphatic heterocycles. The van der Waals surface area contributed by atoms with Crippen molar-refractivity contribution in [1.82, 2.24) is 10.6 Å². The molecule has 1 atom stereocenters. The van der Waals surface area contributed by atoms with E-state index in [4.69, 9.17) is 9.73 Å². The predicted molar refractivity (Wildman–Crippen MR) is 109 cm³/mol. The Morgan fingerprint density at radius 1 is 1.11 bits per heavy atom. The molecule has 1 fully saturated rings. The highest BCUT2D eigenvalue weighted by Crippen LogP contribution is 2.48. The monoisotopic (exact) mass is 367 g/mol. The first-order chi connectivity index (χ1) is 13.2. The predicted octanol–water partition coefficient (Wildman–Crippen LogP) is 3.02. The molecular weight excluding hydrogens is 338 g/mol. The van der Waals surface area contributed by atoms with Crippen molar-refractivity contribution in [2.75, 3.05) is 26.7 Å². The molecule has 1 unspecified atom stereocenters. The highest BCUT2D eigenvalue weighted by molar-refractivity contribution is 5.79. The average molecular weight is 367 g/mol. The van der Waals surface area contributed by atoms with Gasteiger partial charge in [0.2, 0.25) is 0 Å². The Kier molecular flexibility index (Phi) is 6.35. The van der Waals surface area contributed by atoms with Crippen molar-refractivity contribution in [1.29, 1.82) is 0 Å². The van der Waals surface area contributed by atoms with Crippen LogP contribution in [0.4, 0.5) is 0 Å². The van der Waals surface area contributed by atoms with Gasteiger partial charge in [0.15, 0.2) is 5.96 Å². The van der Waals surface area contributed by atoms with Gasteiger partial charge >= 0.3 is 0 Å². The van der Waals surface area contributed by atoms with Crippen molar-refractivity contribution in [2.24, 2.45) is 4.99 Å². The summed E-state index contributed by atoms with van der Waals surface area (Å²) in [5, 5.41) is 17.0. The third kappa shape index (κ3) is 5.01.